The topological polar surface area (TPSA) is 75.6 Å². The minimum atomic E-state index is 0.356. The maximum atomic E-state index is 5.93. The second-order valence-electron chi connectivity index (χ2n) is 8.78. The number of fused-ring (bicyclic) bond motifs is 1. The molecule has 3 aromatic heterocycles. The lowest BCUT2D eigenvalue weighted by molar-refractivity contribution is 0.312. The van der Waals surface area contributed by atoms with Crippen LogP contribution < -0.4 is 10.6 Å². The number of hydrogen-bond donors (Lipinski definition) is 1. The molecule has 7 nitrogen and oxygen atoms in total. The van der Waals surface area contributed by atoms with Crippen molar-refractivity contribution in [2.45, 2.75) is 18.8 Å². The highest BCUT2D eigenvalue weighted by Gasteiger charge is 2.20. The van der Waals surface area contributed by atoms with Crippen LogP contribution in [0.3, 0.4) is 0 Å². The Morgan fingerprint density at radius 3 is 2.58 bits per heavy atom. The average molecular weight is 442 g/mol. The molecular formula is C26H31N7. The molecule has 1 aromatic carbocycles. The Morgan fingerprint density at radius 2 is 1.79 bits per heavy atom. The highest BCUT2D eigenvalue weighted by atomic mass is 15.3. The molecule has 4 aromatic rings. The van der Waals surface area contributed by atoms with E-state index in [9.17, 15) is 0 Å². The van der Waals surface area contributed by atoms with Gasteiger partial charge in [0.25, 0.3) is 0 Å². The molecule has 0 aliphatic carbocycles. The van der Waals surface area contributed by atoms with Gasteiger partial charge >= 0.3 is 0 Å². The predicted octanol–water partition coefficient (Wildman–Crippen LogP) is 3.22. The first-order valence-corrected chi connectivity index (χ1v) is 11.7. The van der Waals surface area contributed by atoms with Gasteiger partial charge in [-0.15, -0.1) is 0 Å². The zero-order valence-electron chi connectivity index (χ0n) is 19.1. The molecule has 4 heterocycles. The maximum absolute atomic E-state index is 5.93. The zero-order valence-corrected chi connectivity index (χ0v) is 19.1. The van der Waals surface area contributed by atoms with Crippen LogP contribution in [0, 0.1) is 0 Å². The van der Waals surface area contributed by atoms with Crippen molar-refractivity contribution in [2.24, 2.45) is 5.73 Å². The van der Waals surface area contributed by atoms with E-state index in [0.717, 1.165) is 67.6 Å². The third kappa shape index (κ3) is 4.60. The Labute approximate surface area is 194 Å². The summed E-state index contributed by atoms with van der Waals surface area (Å²) in [6, 6.07) is 16.9. The van der Waals surface area contributed by atoms with Crippen molar-refractivity contribution in [3.8, 4) is 11.4 Å². The predicted molar refractivity (Wildman–Crippen MR) is 132 cm³/mol. The molecule has 1 unspecified atom stereocenters. The highest BCUT2D eigenvalue weighted by molar-refractivity contribution is 5.70. The molecule has 0 bridgehead atoms. The number of anilines is 1. The summed E-state index contributed by atoms with van der Waals surface area (Å²) in [4.78, 5) is 19.1. The minimum Gasteiger partial charge on any atom is -0.351 e. The van der Waals surface area contributed by atoms with Crippen LogP contribution in [0.1, 0.15) is 23.6 Å². The number of nitrogens with two attached hydrogens (primary N) is 1. The van der Waals surface area contributed by atoms with Gasteiger partial charge in [0.2, 0.25) is 0 Å². The third-order valence-electron chi connectivity index (χ3n) is 6.52. The Balaban J connectivity index is 1.44. The van der Waals surface area contributed by atoms with Gasteiger partial charge in [-0.05, 0) is 50.0 Å². The number of aromatic nitrogens is 4. The zero-order chi connectivity index (χ0) is 22.6. The molecule has 7 heteroatoms. The molecule has 0 spiro atoms. The van der Waals surface area contributed by atoms with E-state index >= 15 is 0 Å². The lowest BCUT2D eigenvalue weighted by Gasteiger charge is -2.33. The Bertz CT molecular complexity index is 1200. The van der Waals surface area contributed by atoms with E-state index in [1.165, 1.54) is 5.56 Å². The fourth-order valence-corrected chi connectivity index (χ4v) is 4.64. The number of hydrogen-bond acceptors (Lipinski definition) is 6. The summed E-state index contributed by atoms with van der Waals surface area (Å²) in [5.41, 5.74) is 11.1. The standard InChI is InChI=1S/C26H31N7/c1-31-14-16-32(17-15-31)25-26-29-19-24(33(26)13-12-28-25)23-9-5-8-22(30-23)18-21(10-11-27)20-6-3-2-4-7-20/h2-9,12-13,19,21H,10-11,14-18,27H2,1H3. The van der Waals surface area contributed by atoms with Crippen molar-refractivity contribution >= 4 is 11.5 Å². The SMILES string of the molecule is CN1CCN(c2nccn3c(-c4cccc(CC(CCN)c5ccccc5)n4)cnc23)CC1. The van der Waals surface area contributed by atoms with Crippen molar-refractivity contribution in [2.75, 3.05) is 44.7 Å². The van der Waals surface area contributed by atoms with Gasteiger partial charge in [0, 0.05) is 44.3 Å². The van der Waals surface area contributed by atoms with E-state index in [0.29, 0.717) is 12.5 Å². The average Bonchev–Trinajstić information content (AvgIpc) is 3.30. The van der Waals surface area contributed by atoms with Gasteiger partial charge in [0.1, 0.15) is 0 Å². The molecule has 1 atom stereocenters. The normalized spacial score (nSPS) is 15.8. The van der Waals surface area contributed by atoms with E-state index in [2.05, 4.69) is 74.8 Å². The summed E-state index contributed by atoms with van der Waals surface area (Å²) < 4.78 is 2.11. The molecule has 1 fully saturated rings. The van der Waals surface area contributed by atoms with Crippen LogP contribution in [0.2, 0.25) is 0 Å². The van der Waals surface area contributed by atoms with Crippen LogP contribution in [0.5, 0.6) is 0 Å². The quantitative estimate of drug-likeness (QED) is 0.475. The van der Waals surface area contributed by atoms with Crippen LogP contribution in [0.4, 0.5) is 5.82 Å². The Morgan fingerprint density at radius 1 is 0.970 bits per heavy atom. The van der Waals surface area contributed by atoms with Crippen molar-refractivity contribution < 1.29 is 0 Å². The third-order valence-corrected chi connectivity index (χ3v) is 6.52. The Kier molecular flexibility index (Phi) is 6.32. The molecule has 1 saturated heterocycles. The van der Waals surface area contributed by atoms with Crippen molar-refractivity contribution in [1.82, 2.24) is 24.3 Å². The Hall–Kier alpha value is -3.29. The van der Waals surface area contributed by atoms with E-state index in [1.807, 2.05) is 18.6 Å². The van der Waals surface area contributed by atoms with Crippen LogP contribution in [0.15, 0.2) is 67.1 Å². The van der Waals surface area contributed by atoms with Gasteiger partial charge in [-0.1, -0.05) is 36.4 Å². The number of piperazine rings is 1. The lowest BCUT2D eigenvalue weighted by Crippen LogP contribution is -2.45. The van der Waals surface area contributed by atoms with Crippen molar-refractivity contribution in [3.05, 3.63) is 78.4 Å². The van der Waals surface area contributed by atoms with E-state index in [4.69, 9.17) is 15.7 Å². The number of imidazole rings is 1. The number of pyridine rings is 1. The summed E-state index contributed by atoms with van der Waals surface area (Å²) in [5, 5.41) is 0. The first-order valence-electron chi connectivity index (χ1n) is 11.7. The van der Waals surface area contributed by atoms with Gasteiger partial charge in [0.15, 0.2) is 11.5 Å². The van der Waals surface area contributed by atoms with Crippen LogP contribution in [-0.2, 0) is 6.42 Å². The first kappa shape index (κ1) is 21.6. The van der Waals surface area contributed by atoms with Crippen LogP contribution in [-0.4, -0.2) is 64.0 Å². The molecule has 5 rings (SSSR count). The van der Waals surface area contributed by atoms with Gasteiger partial charge < -0.3 is 15.5 Å². The summed E-state index contributed by atoms with van der Waals surface area (Å²) in [7, 11) is 2.16. The molecule has 1 aliphatic rings. The van der Waals surface area contributed by atoms with Crippen molar-refractivity contribution in [1.29, 1.82) is 0 Å². The van der Waals surface area contributed by atoms with E-state index in [-0.39, 0.29) is 0 Å². The van der Waals surface area contributed by atoms with E-state index in [1.54, 1.807) is 0 Å². The summed E-state index contributed by atoms with van der Waals surface area (Å²) in [5.74, 6) is 1.30. The van der Waals surface area contributed by atoms with Crippen LogP contribution >= 0.6 is 0 Å². The fraction of sp³-hybridized carbons (Fsp3) is 0.346. The minimum absolute atomic E-state index is 0.356. The molecule has 0 amide bonds. The van der Waals surface area contributed by atoms with Gasteiger partial charge in [0.05, 0.1) is 17.6 Å². The smallest absolute Gasteiger partial charge is 0.180 e. The molecule has 0 saturated carbocycles. The number of nitrogens with zero attached hydrogens (tertiary/aromatic N) is 6. The summed E-state index contributed by atoms with van der Waals surface area (Å²) >= 11 is 0. The highest BCUT2D eigenvalue weighted by Crippen LogP contribution is 2.27. The van der Waals surface area contributed by atoms with Crippen LogP contribution in [0.25, 0.3) is 17.0 Å². The lowest BCUT2D eigenvalue weighted by atomic mass is 9.91. The second kappa shape index (κ2) is 9.68. The molecule has 170 valence electrons. The fourth-order valence-electron chi connectivity index (χ4n) is 4.64. The molecule has 1 aliphatic heterocycles. The van der Waals surface area contributed by atoms with Crippen molar-refractivity contribution in [3.63, 3.8) is 0 Å². The maximum Gasteiger partial charge on any atom is 0.180 e. The van der Waals surface area contributed by atoms with Gasteiger partial charge in [-0.25, -0.2) is 9.97 Å². The number of likely N-dealkylation sites (N-methyl/N-ethyl adjacent to an activating group) is 1. The molecule has 33 heavy (non-hydrogen) atoms. The second-order valence-corrected chi connectivity index (χ2v) is 8.78. The number of rotatable bonds is 7. The number of benzene rings is 1. The molecule has 2 N–H and O–H groups in total. The molecule has 0 radical (unpaired) electrons. The summed E-state index contributed by atoms with van der Waals surface area (Å²) in [6.07, 6.45) is 7.55. The molecular weight excluding hydrogens is 410 g/mol. The van der Waals surface area contributed by atoms with Gasteiger partial charge in [-0.3, -0.25) is 9.38 Å². The monoisotopic (exact) mass is 441 g/mol. The van der Waals surface area contributed by atoms with Gasteiger partial charge in [-0.2, -0.15) is 0 Å². The van der Waals surface area contributed by atoms with E-state index < -0.39 is 0 Å². The first-order chi connectivity index (χ1) is 16.2. The largest absolute Gasteiger partial charge is 0.351 e. The summed E-state index contributed by atoms with van der Waals surface area (Å²) in [6.45, 7) is 4.65.